The van der Waals surface area contributed by atoms with E-state index < -0.39 is 5.91 Å². The van der Waals surface area contributed by atoms with E-state index in [1.54, 1.807) is 12.1 Å². The Morgan fingerprint density at radius 2 is 1.94 bits per heavy atom. The number of carbonyl (C=O) groups excluding carboxylic acids is 1. The number of aromatic hydroxyl groups is 1. The minimum absolute atomic E-state index is 0.0740. The number of carbonyl (C=O) groups is 1. The number of nitrogens with one attached hydrogen (secondary N) is 1. The van der Waals surface area contributed by atoms with E-state index in [0.29, 0.717) is 0 Å². The molecule has 18 heavy (non-hydrogen) atoms. The fourth-order valence-electron chi connectivity index (χ4n) is 1.30. The van der Waals surface area contributed by atoms with Crippen molar-refractivity contribution >= 4 is 34.9 Å². The van der Waals surface area contributed by atoms with Gasteiger partial charge in [-0.25, -0.2) is 9.97 Å². The Balaban J connectivity index is 2.24. The van der Waals surface area contributed by atoms with Gasteiger partial charge in [0, 0.05) is 6.07 Å². The van der Waals surface area contributed by atoms with Crippen molar-refractivity contribution in [1.82, 2.24) is 9.97 Å². The van der Waals surface area contributed by atoms with Crippen LogP contribution in [0.3, 0.4) is 0 Å². The standard InChI is InChI=1S/C11H7Cl2N3O2/c12-8-5-9(16-11(13)14-8)15-10(18)6-3-1-2-4-7(6)17/h1-5,17H,(H,14,15,16,18). The smallest absolute Gasteiger partial charge is 0.260 e. The molecule has 1 amide bonds. The Hall–Kier alpha value is -1.85. The van der Waals surface area contributed by atoms with Crippen LogP contribution in [-0.2, 0) is 0 Å². The average molecular weight is 284 g/mol. The van der Waals surface area contributed by atoms with E-state index in [-0.39, 0.29) is 27.6 Å². The first-order valence-electron chi connectivity index (χ1n) is 4.85. The van der Waals surface area contributed by atoms with Crippen LogP contribution in [0, 0.1) is 0 Å². The van der Waals surface area contributed by atoms with Crippen molar-refractivity contribution in [3.8, 4) is 5.75 Å². The molecule has 0 bridgehead atoms. The Morgan fingerprint density at radius 1 is 1.22 bits per heavy atom. The predicted octanol–water partition coefficient (Wildman–Crippen LogP) is 2.74. The average Bonchev–Trinajstić information content (AvgIpc) is 2.27. The molecule has 2 rings (SSSR count). The summed E-state index contributed by atoms with van der Waals surface area (Å²) in [6.07, 6.45) is 0. The number of anilines is 1. The summed E-state index contributed by atoms with van der Waals surface area (Å²) in [7, 11) is 0. The van der Waals surface area contributed by atoms with E-state index >= 15 is 0 Å². The summed E-state index contributed by atoms with van der Waals surface area (Å²) >= 11 is 11.3. The van der Waals surface area contributed by atoms with Gasteiger partial charge in [-0.3, -0.25) is 4.79 Å². The zero-order valence-corrected chi connectivity index (χ0v) is 10.4. The van der Waals surface area contributed by atoms with Crippen molar-refractivity contribution in [1.29, 1.82) is 0 Å². The zero-order valence-electron chi connectivity index (χ0n) is 8.89. The van der Waals surface area contributed by atoms with Crippen molar-refractivity contribution < 1.29 is 9.90 Å². The summed E-state index contributed by atoms with van der Waals surface area (Å²) in [5.74, 6) is -0.478. The van der Waals surface area contributed by atoms with E-state index in [1.807, 2.05) is 0 Å². The van der Waals surface area contributed by atoms with Crippen molar-refractivity contribution in [3.05, 3.63) is 46.3 Å². The molecular formula is C11H7Cl2N3O2. The zero-order chi connectivity index (χ0) is 13.1. The quantitative estimate of drug-likeness (QED) is 0.656. The van der Waals surface area contributed by atoms with Crippen LogP contribution in [0.25, 0.3) is 0 Å². The summed E-state index contributed by atoms with van der Waals surface area (Å²) in [4.78, 5) is 19.3. The predicted molar refractivity (Wildman–Crippen MR) is 68.1 cm³/mol. The van der Waals surface area contributed by atoms with Crippen LogP contribution in [0.15, 0.2) is 30.3 Å². The molecule has 0 spiro atoms. The highest BCUT2D eigenvalue weighted by Crippen LogP contribution is 2.19. The molecule has 0 radical (unpaired) electrons. The first-order chi connectivity index (χ1) is 8.56. The molecule has 0 saturated carbocycles. The lowest BCUT2D eigenvalue weighted by Crippen LogP contribution is -2.13. The highest BCUT2D eigenvalue weighted by Gasteiger charge is 2.12. The molecule has 92 valence electrons. The van der Waals surface area contributed by atoms with Gasteiger partial charge < -0.3 is 10.4 Å². The van der Waals surface area contributed by atoms with E-state index in [2.05, 4.69) is 15.3 Å². The van der Waals surface area contributed by atoms with Crippen molar-refractivity contribution in [2.75, 3.05) is 5.32 Å². The third-order valence-electron chi connectivity index (χ3n) is 2.06. The highest BCUT2D eigenvalue weighted by atomic mass is 35.5. The van der Waals surface area contributed by atoms with Crippen molar-refractivity contribution in [2.24, 2.45) is 0 Å². The molecule has 2 N–H and O–H groups in total. The van der Waals surface area contributed by atoms with Crippen LogP contribution >= 0.6 is 23.2 Å². The van der Waals surface area contributed by atoms with Crippen molar-refractivity contribution in [2.45, 2.75) is 0 Å². The first kappa shape index (κ1) is 12.6. The maximum absolute atomic E-state index is 11.8. The molecule has 2 aromatic rings. The van der Waals surface area contributed by atoms with Gasteiger partial charge in [0.25, 0.3) is 5.91 Å². The molecule has 7 heteroatoms. The van der Waals surface area contributed by atoms with Gasteiger partial charge in [-0.2, -0.15) is 0 Å². The van der Waals surface area contributed by atoms with Gasteiger partial charge in [0.1, 0.15) is 16.7 Å². The fraction of sp³-hybridized carbons (Fsp3) is 0. The SMILES string of the molecule is O=C(Nc1cc(Cl)nc(Cl)n1)c1ccccc1O. The lowest BCUT2D eigenvalue weighted by atomic mass is 10.2. The second-order valence-electron chi connectivity index (χ2n) is 3.32. The Morgan fingerprint density at radius 3 is 2.61 bits per heavy atom. The van der Waals surface area contributed by atoms with E-state index in [0.717, 1.165) is 0 Å². The Labute approximate surface area is 112 Å². The summed E-state index contributed by atoms with van der Waals surface area (Å²) in [5.41, 5.74) is 0.128. The summed E-state index contributed by atoms with van der Waals surface area (Å²) in [6.45, 7) is 0. The lowest BCUT2D eigenvalue weighted by Gasteiger charge is -2.06. The molecule has 0 unspecified atom stereocenters. The summed E-state index contributed by atoms with van der Waals surface area (Å²) in [6, 6.07) is 7.49. The number of phenols is 1. The fourth-order valence-corrected chi connectivity index (χ4v) is 1.71. The number of amides is 1. The van der Waals surface area contributed by atoms with Gasteiger partial charge in [-0.15, -0.1) is 0 Å². The first-order valence-corrected chi connectivity index (χ1v) is 5.61. The van der Waals surface area contributed by atoms with Gasteiger partial charge in [0.05, 0.1) is 5.56 Å². The second kappa shape index (κ2) is 5.20. The maximum atomic E-state index is 11.8. The summed E-state index contributed by atoms with van der Waals surface area (Å²) < 4.78 is 0. The van der Waals surface area contributed by atoms with Crippen LogP contribution in [0.4, 0.5) is 5.82 Å². The van der Waals surface area contributed by atoms with E-state index in [1.165, 1.54) is 18.2 Å². The molecule has 0 aliphatic rings. The summed E-state index contributed by atoms with van der Waals surface area (Å²) in [5, 5.41) is 12.0. The number of phenolic OH excluding ortho intramolecular Hbond substituents is 1. The number of halogens is 2. The molecular weight excluding hydrogens is 277 g/mol. The van der Waals surface area contributed by atoms with Crippen LogP contribution < -0.4 is 5.32 Å². The van der Waals surface area contributed by atoms with E-state index in [9.17, 15) is 9.90 Å². The number of hydrogen-bond acceptors (Lipinski definition) is 4. The number of hydrogen-bond donors (Lipinski definition) is 2. The van der Waals surface area contributed by atoms with Gasteiger partial charge in [0.15, 0.2) is 0 Å². The normalized spacial score (nSPS) is 10.1. The molecule has 0 fully saturated rings. The molecule has 1 aromatic carbocycles. The van der Waals surface area contributed by atoms with E-state index in [4.69, 9.17) is 23.2 Å². The number of aromatic nitrogens is 2. The lowest BCUT2D eigenvalue weighted by molar-refractivity contribution is 0.102. The minimum Gasteiger partial charge on any atom is -0.507 e. The molecule has 5 nitrogen and oxygen atoms in total. The van der Waals surface area contributed by atoms with Gasteiger partial charge in [0.2, 0.25) is 5.28 Å². The Bertz CT molecular complexity index is 584. The van der Waals surface area contributed by atoms with Crippen LogP contribution in [-0.4, -0.2) is 21.0 Å². The molecule has 0 aliphatic carbocycles. The van der Waals surface area contributed by atoms with Crippen LogP contribution in [0.1, 0.15) is 10.4 Å². The third-order valence-corrected chi connectivity index (χ3v) is 2.42. The Kier molecular flexibility index (Phi) is 3.64. The van der Waals surface area contributed by atoms with Crippen LogP contribution in [0.2, 0.25) is 10.4 Å². The highest BCUT2D eigenvalue weighted by molar-refractivity contribution is 6.32. The molecule has 0 saturated heterocycles. The largest absolute Gasteiger partial charge is 0.507 e. The number of rotatable bonds is 2. The molecule has 1 aromatic heterocycles. The number of nitrogens with zero attached hydrogens (tertiary/aromatic N) is 2. The molecule has 0 atom stereocenters. The third kappa shape index (κ3) is 2.88. The minimum atomic E-state index is -0.515. The maximum Gasteiger partial charge on any atom is 0.260 e. The molecule has 0 aliphatic heterocycles. The van der Waals surface area contributed by atoms with Crippen LogP contribution in [0.5, 0.6) is 5.75 Å². The van der Waals surface area contributed by atoms with Gasteiger partial charge >= 0.3 is 0 Å². The second-order valence-corrected chi connectivity index (χ2v) is 4.04. The number of para-hydroxylation sites is 1. The molecule has 1 heterocycles. The number of benzene rings is 1. The van der Waals surface area contributed by atoms with Crippen molar-refractivity contribution in [3.63, 3.8) is 0 Å². The monoisotopic (exact) mass is 283 g/mol. The topological polar surface area (TPSA) is 75.1 Å². The van der Waals surface area contributed by atoms with Gasteiger partial charge in [-0.05, 0) is 23.7 Å². The van der Waals surface area contributed by atoms with Gasteiger partial charge in [-0.1, -0.05) is 23.7 Å².